The van der Waals surface area contributed by atoms with Gasteiger partial charge in [0.25, 0.3) is 0 Å². The van der Waals surface area contributed by atoms with Gasteiger partial charge >= 0.3 is 11.9 Å². The maximum Gasteiger partial charge on any atom is 0.306 e. The fourth-order valence-corrected chi connectivity index (χ4v) is 3.17. The number of hydrogen-bond acceptors (Lipinski definition) is 4. The van der Waals surface area contributed by atoms with Crippen LogP contribution in [0.3, 0.4) is 0 Å². The monoisotopic (exact) mass is 378 g/mol. The average molecular weight is 379 g/mol. The number of carboxylic acids is 1. The molecule has 0 saturated carbocycles. The molecule has 0 atom stereocenters. The third-order valence-corrected chi connectivity index (χ3v) is 4.63. The van der Waals surface area contributed by atoms with Crippen LogP contribution in [-0.4, -0.2) is 35.4 Å². The number of carbonyl (C=O) groups excluding carboxylic acids is 1. The number of carbonyl (C=O) groups is 2. The number of aryl methyl sites for hydroxylation is 3. The zero-order valence-corrected chi connectivity index (χ0v) is 16.5. The Balaban J connectivity index is 2.65. The summed E-state index contributed by atoms with van der Waals surface area (Å²) >= 11 is 0. The number of esters is 1. The van der Waals surface area contributed by atoms with E-state index in [9.17, 15) is 9.59 Å². The molecule has 5 heteroatoms. The highest BCUT2D eigenvalue weighted by molar-refractivity contribution is 5.69. The van der Waals surface area contributed by atoms with E-state index in [1.165, 1.54) is 16.7 Å². The zero-order chi connectivity index (χ0) is 19.9. The highest BCUT2D eigenvalue weighted by atomic mass is 16.5. The van der Waals surface area contributed by atoms with Gasteiger partial charge in [0.2, 0.25) is 0 Å². The Morgan fingerprint density at radius 2 is 1.63 bits per heavy atom. The Morgan fingerprint density at radius 3 is 2.33 bits per heavy atom. The molecule has 2 N–H and O–H groups in total. The minimum atomic E-state index is -0.748. The van der Waals surface area contributed by atoms with Gasteiger partial charge in [0, 0.05) is 19.4 Å². The highest BCUT2D eigenvalue weighted by Crippen LogP contribution is 2.19. The minimum Gasteiger partial charge on any atom is -0.481 e. The molecule has 0 spiro atoms. The smallest absolute Gasteiger partial charge is 0.306 e. The van der Waals surface area contributed by atoms with Crippen LogP contribution in [0, 0.1) is 0 Å². The second kappa shape index (κ2) is 14.2. The summed E-state index contributed by atoms with van der Waals surface area (Å²) in [6, 6.07) is 6.44. The fourth-order valence-electron chi connectivity index (χ4n) is 3.17. The summed E-state index contributed by atoms with van der Waals surface area (Å²) in [6.45, 7) is 2.47. The van der Waals surface area contributed by atoms with Gasteiger partial charge in [-0.25, -0.2) is 0 Å². The van der Waals surface area contributed by atoms with Crippen LogP contribution in [0.25, 0.3) is 0 Å². The van der Waals surface area contributed by atoms with Crippen LogP contribution in [0.1, 0.15) is 75.0 Å². The van der Waals surface area contributed by atoms with Crippen molar-refractivity contribution < 1.29 is 24.5 Å². The van der Waals surface area contributed by atoms with Gasteiger partial charge in [0.1, 0.15) is 0 Å². The number of aliphatic hydroxyl groups is 1. The topological polar surface area (TPSA) is 83.8 Å². The Labute approximate surface area is 162 Å². The molecule has 0 bridgehead atoms. The van der Waals surface area contributed by atoms with Gasteiger partial charge in [0.15, 0.2) is 0 Å². The lowest BCUT2D eigenvalue weighted by Crippen LogP contribution is -2.07. The van der Waals surface area contributed by atoms with E-state index in [0.29, 0.717) is 25.9 Å². The maximum absolute atomic E-state index is 11.7. The molecule has 1 rings (SSSR count). The van der Waals surface area contributed by atoms with Crippen LogP contribution in [0.4, 0.5) is 0 Å². The summed E-state index contributed by atoms with van der Waals surface area (Å²) in [4.78, 5) is 22.3. The van der Waals surface area contributed by atoms with Crippen molar-refractivity contribution >= 4 is 11.9 Å². The van der Waals surface area contributed by atoms with E-state index in [4.69, 9.17) is 14.9 Å². The molecule has 0 unspecified atom stereocenters. The van der Waals surface area contributed by atoms with E-state index in [0.717, 1.165) is 44.9 Å². The van der Waals surface area contributed by atoms with Gasteiger partial charge in [-0.05, 0) is 68.6 Å². The van der Waals surface area contributed by atoms with Crippen molar-refractivity contribution in [1.82, 2.24) is 0 Å². The van der Waals surface area contributed by atoms with Crippen molar-refractivity contribution in [2.75, 3.05) is 13.2 Å². The second-order valence-corrected chi connectivity index (χ2v) is 6.90. The Kier molecular flexibility index (Phi) is 12.2. The molecule has 1 aromatic rings. The summed E-state index contributed by atoms with van der Waals surface area (Å²) in [5.74, 6) is -0.917. The molecule has 152 valence electrons. The summed E-state index contributed by atoms with van der Waals surface area (Å²) in [7, 11) is 0. The molecule has 5 nitrogen and oxygen atoms in total. The summed E-state index contributed by atoms with van der Waals surface area (Å²) < 4.78 is 5.04. The van der Waals surface area contributed by atoms with Crippen LogP contribution in [0.5, 0.6) is 0 Å². The van der Waals surface area contributed by atoms with E-state index >= 15 is 0 Å². The van der Waals surface area contributed by atoms with Crippen LogP contribution in [-0.2, 0) is 33.6 Å². The predicted octanol–water partition coefficient (Wildman–Crippen LogP) is 4.07. The molecular formula is C22H34O5. The predicted molar refractivity (Wildman–Crippen MR) is 106 cm³/mol. The van der Waals surface area contributed by atoms with Gasteiger partial charge < -0.3 is 14.9 Å². The number of aliphatic carboxylic acids is 1. The average Bonchev–Trinajstić information content (AvgIpc) is 2.64. The van der Waals surface area contributed by atoms with Gasteiger partial charge in [-0.1, -0.05) is 31.0 Å². The number of carboxylic acid groups (broad SMARTS) is 1. The molecule has 0 saturated heterocycles. The molecule has 0 aliphatic rings. The minimum absolute atomic E-state index is 0.168. The lowest BCUT2D eigenvalue weighted by atomic mass is 9.94. The van der Waals surface area contributed by atoms with Crippen molar-refractivity contribution in [2.45, 2.75) is 77.6 Å². The summed E-state index contributed by atoms with van der Waals surface area (Å²) in [5, 5.41) is 17.6. The Bertz CT molecular complexity index is 568. The van der Waals surface area contributed by atoms with E-state index in [2.05, 4.69) is 18.2 Å². The van der Waals surface area contributed by atoms with Gasteiger partial charge in [-0.2, -0.15) is 0 Å². The summed E-state index contributed by atoms with van der Waals surface area (Å²) in [6.07, 6.45) is 8.69. The van der Waals surface area contributed by atoms with Crippen molar-refractivity contribution in [3.8, 4) is 0 Å². The first-order chi connectivity index (χ1) is 13.1. The van der Waals surface area contributed by atoms with Crippen molar-refractivity contribution in [1.29, 1.82) is 0 Å². The van der Waals surface area contributed by atoms with Crippen LogP contribution < -0.4 is 0 Å². The van der Waals surface area contributed by atoms with Gasteiger partial charge in [0.05, 0.1) is 6.61 Å². The molecule has 0 heterocycles. The first-order valence-electron chi connectivity index (χ1n) is 10.2. The van der Waals surface area contributed by atoms with Crippen LogP contribution in [0.2, 0.25) is 0 Å². The lowest BCUT2D eigenvalue weighted by Gasteiger charge is -2.12. The van der Waals surface area contributed by atoms with Crippen molar-refractivity contribution in [3.63, 3.8) is 0 Å². The van der Waals surface area contributed by atoms with Crippen LogP contribution >= 0.6 is 0 Å². The van der Waals surface area contributed by atoms with Crippen LogP contribution in [0.15, 0.2) is 18.2 Å². The highest BCUT2D eigenvalue weighted by Gasteiger charge is 2.09. The van der Waals surface area contributed by atoms with Gasteiger partial charge in [-0.3, -0.25) is 9.59 Å². The van der Waals surface area contributed by atoms with E-state index in [-0.39, 0.29) is 19.0 Å². The molecule has 0 aromatic heterocycles. The Hall–Kier alpha value is -1.88. The molecule has 27 heavy (non-hydrogen) atoms. The Morgan fingerprint density at radius 1 is 0.889 bits per heavy atom. The molecular weight excluding hydrogens is 344 g/mol. The largest absolute Gasteiger partial charge is 0.481 e. The third-order valence-electron chi connectivity index (χ3n) is 4.63. The number of ether oxygens (including phenoxy) is 1. The molecule has 0 amide bonds. The normalized spacial score (nSPS) is 10.7. The number of aliphatic hydroxyl groups excluding tert-OH is 1. The maximum atomic E-state index is 11.7. The number of unbranched alkanes of at least 4 members (excludes halogenated alkanes) is 4. The molecule has 0 aliphatic carbocycles. The number of rotatable bonds is 15. The molecule has 1 aromatic carbocycles. The van der Waals surface area contributed by atoms with Crippen molar-refractivity contribution in [2.24, 2.45) is 0 Å². The van der Waals surface area contributed by atoms with E-state index in [1.807, 2.05) is 6.92 Å². The first-order valence-corrected chi connectivity index (χ1v) is 10.2. The lowest BCUT2D eigenvalue weighted by molar-refractivity contribution is -0.143. The molecule has 0 fully saturated rings. The standard InChI is InChI=1S/C22H34O5/c1-2-27-22(26)15-14-20-17-18(9-6-7-11-21(24)25)12-13-19(20)10-5-3-4-8-16-23/h12-13,17,23H,2-11,14-16H2,1H3,(H,24,25). The zero-order valence-electron chi connectivity index (χ0n) is 16.5. The fraction of sp³-hybridized carbons (Fsp3) is 0.636. The second-order valence-electron chi connectivity index (χ2n) is 6.90. The van der Waals surface area contributed by atoms with Crippen molar-refractivity contribution in [3.05, 3.63) is 34.9 Å². The third kappa shape index (κ3) is 10.8. The quantitative estimate of drug-likeness (QED) is 0.355. The van der Waals surface area contributed by atoms with E-state index in [1.54, 1.807) is 0 Å². The number of hydrogen-bond donors (Lipinski definition) is 2. The van der Waals surface area contributed by atoms with Gasteiger partial charge in [-0.15, -0.1) is 0 Å². The number of benzene rings is 1. The first kappa shape index (κ1) is 23.2. The summed E-state index contributed by atoms with van der Waals surface area (Å²) in [5.41, 5.74) is 3.67. The molecule has 0 radical (unpaired) electrons. The van der Waals surface area contributed by atoms with E-state index < -0.39 is 5.97 Å². The molecule has 0 aliphatic heterocycles. The SMILES string of the molecule is CCOC(=O)CCc1cc(CCCCC(=O)O)ccc1CCCCCCO.